The quantitative estimate of drug-likeness (QED) is 0.651. The first kappa shape index (κ1) is 20.4. The van der Waals surface area contributed by atoms with Crippen LogP contribution in [0.1, 0.15) is 18.4 Å². The van der Waals surface area contributed by atoms with Crippen LogP contribution in [0.25, 0.3) is 10.9 Å². The topological polar surface area (TPSA) is 87.5 Å². The number of pyridine rings is 1. The molecule has 2 aliphatic heterocycles. The van der Waals surface area contributed by atoms with Gasteiger partial charge in [0.2, 0.25) is 6.10 Å². The lowest BCUT2D eigenvalue weighted by Gasteiger charge is -2.35. The molecule has 0 spiro atoms. The number of rotatable bonds is 3. The molecule has 2 aromatic carbocycles. The van der Waals surface area contributed by atoms with E-state index in [-0.39, 0.29) is 18.6 Å². The zero-order valence-electron chi connectivity index (χ0n) is 17.3. The number of para-hydroxylation sites is 2. The lowest BCUT2D eigenvalue weighted by atomic mass is 10.0. The number of carbonyl (C=O) groups excluding carboxylic acids is 1. The van der Waals surface area contributed by atoms with Gasteiger partial charge in [-0.3, -0.25) is 4.79 Å². The van der Waals surface area contributed by atoms with Crippen molar-refractivity contribution < 1.29 is 14.3 Å². The molecule has 0 radical (unpaired) electrons. The molecular weight excluding hydrogens is 428 g/mol. The molecule has 1 atom stereocenters. The van der Waals surface area contributed by atoms with Crippen LogP contribution in [0, 0.1) is 11.3 Å². The fraction of sp³-hybridized carbons (Fsp3) is 0.292. The van der Waals surface area contributed by atoms with Crippen molar-refractivity contribution in [2.75, 3.05) is 25.0 Å². The van der Waals surface area contributed by atoms with E-state index < -0.39 is 6.10 Å². The summed E-state index contributed by atoms with van der Waals surface area (Å²) in [5.41, 5.74) is 1.25. The summed E-state index contributed by atoms with van der Waals surface area (Å²) in [5, 5.41) is 14.3. The van der Waals surface area contributed by atoms with Crippen molar-refractivity contribution in [3.05, 3.63) is 59.1 Å². The number of ether oxygens (including phenoxy) is 2. The summed E-state index contributed by atoms with van der Waals surface area (Å²) in [5.74, 6) is 1.87. The number of nitrogens with one attached hydrogen (secondary N) is 1. The molecule has 5 rings (SSSR count). The van der Waals surface area contributed by atoms with E-state index in [2.05, 4.69) is 16.4 Å². The highest BCUT2D eigenvalue weighted by molar-refractivity contribution is 6.31. The Morgan fingerprint density at radius 3 is 2.72 bits per heavy atom. The molecule has 1 fully saturated rings. The molecule has 0 bridgehead atoms. The maximum atomic E-state index is 12.9. The average Bonchev–Trinajstić information content (AvgIpc) is 2.83. The number of piperidine rings is 1. The lowest BCUT2D eigenvalue weighted by molar-refractivity contribution is -0.142. The number of nitrogens with zero attached hydrogens (tertiary/aromatic N) is 3. The van der Waals surface area contributed by atoms with Crippen LogP contribution in [-0.2, 0) is 4.79 Å². The SMILES string of the molecule is N#Cc1cc(NC2CCN(C(=O)C3COc4ccccc4O3)CC2)nc2ccc(Cl)cc12. The molecule has 7 nitrogen and oxygen atoms in total. The standard InChI is InChI=1S/C24H21ClN4O3/c25-16-5-6-19-18(12-16)15(13-26)11-23(28-19)27-17-7-9-29(10-8-17)24(30)22-14-31-20-3-1-2-4-21(20)32-22/h1-6,11-12,17,22H,7-10,14H2,(H,27,28). The molecule has 1 amide bonds. The predicted octanol–water partition coefficient (Wildman–Crippen LogP) is 4.00. The minimum Gasteiger partial charge on any atom is -0.485 e. The first-order valence-electron chi connectivity index (χ1n) is 10.5. The van der Waals surface area contributed by atoms with Crippen LogP contribution in [0.15, 0.2) is 48.5 Å². The molecule has 1 aromatic heterocycles. The molecule has 32 heavy (non-hydrogen) atoms. The van der Waals surface area contributed by atoms with Gasteiger partial charge >= 0.3 is 0 Å². The minimum atomic E-state index is -0.624. The Balaban J connectivity index is 1.21. The van der Waals surface area contributed by atoms with Crippen molar-refractivity contribution in [3.8, 4) is 17.6 Å². The fourth-order valence-corrected chi connectivity index (χ4v) is 4.33. The third kappa shape index (κ3) is 4.02. The average molecular weight is 449 g/mol. The van der Waals surface area contributed by atoms with Gasteiger partial charge in [-0.15, -0.1) is 0 Å². The number of carbonyl (C=O) groups is 1. The highest BCUT2D eigenvalue weighted by atomic mass is 35.5. The smallest absolute Gasteiger partial charge is 0.267 e. The molecule has 1 saturated heterocycles. The molecule has 0 aliphatic carbocycles. The second-order valence-electron chi connectivity index (χ2n) is 7.94. The third-order valence-corrected chi connectivity index (χ3v) is 6.07. The van der Waals surface area contributed by atoms with E-state index in [1.165, 1.54) is 0 Å². The minimum absolute atomic E-state index is 0.0505. The lowest BCUT2D eigenvalue weighted by Crippen LogP contribution is -2.50. The van der Waals surface area contributed by atoms with Crippen LogP contribution in [-0.4, -0.2) is 47.6 Å². The molecular formula is C24H21ClN4O3. The van der Waals surface area contributed by atoms with Crippen molar-refractivity contribution in [1.29, 1.82) is 5.26 Å². The van der Waals surface area contributed by atoms with Crippen molar-refractivity contribution in [2.24, 2.45) is 0 Å². The van der Waals surface area contributed by atoms with Gasteiger partial charge in [-0.05, 0) is 49.2 Å². The number of aromatic nitrogens is 1. The highest BCUT2D eigenvalue weighted by Gasteiger charge is 2.33. The highest BCUT2D eigenvalue weighted by Crippen LogP contribution is 2.32. The van der Waals surface area contributed by atoms with Crippen LogP contribution in [0.4, 0.5) is 5.82 Å². The molecule has 3 aromatic rings. The maximum Gasteiger partial charge on any atom is 0.267 e. The van der Waals surface area contributed by atoms with Crippen molar-refractivity contribution in [2.45, 2.75) is 25.0 Å². The third-order valence-electron chi connectivity index (χ3n) is 5.83. The van der Waals surface area contributed by atoms with E-state index in [1.54, 1.807) is 18.2 Å². The number of halogens is 1. The first-order chi connectivity index (χ1) is 15.6. The number of amides is 1. The Hall–Kier alpha value is -3.50. The van der Waals surface area contributed by atoms with Crippen LogP contribution in [0.2, 0.25) is 5.02 Å². The summed E-state index contributed by atoms with van der Waals surface area (Å²) in [7, 11) is 0. The van der Waals surface area contributed by atoms with Gasteiger partial charge < -0.3 is 19.7 Å². The van der Waals surface area contributed by atoms with Gasteiger partial charge in [-0.2, -0.15) is 5.26 Å². The fourth-order valence-electron chi connectivity index (χ4n) is 4.16. The van der Waals surface area contributed by atoms with Gasteiger partial charge in [-0.1, -0.05) is 23.7 Å². The maximum absolute atomic E-state index is 12.9. The van der Waals surface area contributed by atoms with Crippen LogP contribution < -0.4 is 14.8 Å². The normalized spacial score (nSPS) is 18.2. The second-order valence-corrected chi connectivity index (χ2v) is 8.37. The summed E-state index contributed by atoms with van der Waals surface area (Å²) < 4.78 is 11.5. The molecule has 8 heteroatoms. The molecule has 1 unspecified atom stereocenters. The molecule has 162 valence electrons. The largest absolute Gasteiger partial charge is 0.485 e. The number of benzene rings is 2. The zero-order valence-corrected chi connectivity index (χ0v) is 18.0. The Morgan fingerprint density at radius 1 is 1.16 bits per heavy atom. The predicted molar refractivity (Wildman–Crippen MR) is 121 cm³/mol. The number of fused-ring (bicyclic) bond motifs is 2. The molecule has 1 N–H and O–H groups in total. The van der Waals surface area contributed by atoms with E-state index in [9.17, 15) is 10.1 Å². The van der Waals surface area contributed by atoms with E-state index in [0.717, 1.165) is 23.7 Å². The van der Waals surface area contributed by atoms with Crippen LogP contribution in [0.5, 0.6) is 11.5 Å². The van der Waals surface area contributed by atoms with Crippen LogP contribution in [0.3, 0.4) is 0 Å². The summed E-state index contributed by atoms with van der Waals surface area (Å²) in [6.07, 6.45) is 0.928. The second kappa shape index (κ2) is 8.56. The van der Waals surface area contributed by atoms with E-state index in [1.807, 2.05) is 35.2 Å². The molecule has 3 heterocycles. The van der Waals surface area contributed by atoms with E-state index in [4.69, 9.17) is 21.1 Å². The number of hydrogen-bond acceptors (Lipinski definition) is 6. The van der Waals surface area contributed by atoms with Gasteiger partial charge in [0, 0.05) is 29.5 Å². The van der Waals surface area contributed by atoms with Gasteiger partial charge in [0.1, 0.15) is 12.4 Å². The monoisotopic (exact) mass is 448 g/mol. The Labute approximate surface area is 190 Å². The summed E-state index contributed by atoms with van der Waals surface area (Å²) in [6.45, 7) is 1.45. The van der Waals surface area contributed by atoms with E-state index in [0.29, 0.717) is 41.0 Å². The summed E-state index contributed by atoms with van der Waals surface area (Å²) >= 11 is 6.06. The number of nitriles is 1. The van der Waals surface area contributed by atoms with Gasteiger partial charge in [0.15, 0.2) is 11.5 Å². The van der Waals surface area contributed by atoms with Gasteiger partial charge in [0.25, 0.3) is 5.91 Å². The van der Waals surface area contributed by atoms with Crippen molar-refractivity contribution in [3.63, 3.8) is 0 Å². The van der Waals surface area contributed by atoms with Crippen molar-refractivity contribution >= 4 is 34.2 Å². The first-order valence-corrected chi connectivity index (χ1v) is 10.9. The van der Waals surface area contributed by atoms with Crippen molar-refractivity contribution in [1.82, 2.24) is 9.88 Å². The Kier molecular flexibility index (Phi) is 5.46. The summed E-state index contributed by atoms with van der Waals surface area (Å²) in [6, 6.07) is 16.8. The summed E-state index contributed by atoms with van der Waals surface area (Å²) in [4.78, 5) is 19.4. The zero-order chi connectivity index (χ0) is 22.1. The van der Waals surface area contributed by atoms with Gasteiger partial charge in [0.05, 0.1) is 17.1 Å². The molecule has 2 aliphatic rings. The van der Waals surface area contributed by atoms with Gasteiger partial charge in [-0.25, -0.2) is 4.98 Å². The number of likely N-dealkylation sites (tertiary alicyclic amines) is 1. The molecule has 0 saturated carbocycles. The Morgan fingerprint density at radius 2 is 1.94 bits per heavy atom. The van der Waals surface area contributed by atoms with E-state index >= 15 is 0 Å². The number of anilines is 1. The number of hydrogen-bond donors (Lipinski definition) is 1. The Bertz CT molecular complexity index is 1220. The van der Waals surface area contributed by atoms with Crippen LogP contribution >= 0.6 is 11.6 Å².